The molecule has 0 amide bonds. The summed E-state index contributed by atoms with van der Waals surface area (Å²) in [7, 11) is 0. The number of hydrogen-bond donors (Lipinski definition) is 1. The van der Waals surface area contributed by atoms with E-state index in [1.807, 2.05) is 44.2 Å². The largest absolute Gasteiger partial charge is 0.462 e. The number of fused-ring (bicyclic) bond motifs is 4. The fraction of sp³-hybridized carbons (Fsp3) is 0.645. The molecular weight excluding hydrogens is 484 g/mol. The van der Waals surface area contributed by atoms with Crippen LogP contribution in [0.1, 0.15) is 78.7 Å². The second kappa shape index (κ2) is 9.22. The molecule has 0 aromatic heterocycles. The van der Waals surface area contributed by atoms with Crippen molar-refractivity contribution < 1.29 is 33.7 Å². The van der Waals surface area contributed by atoms with Crippen LogP contribution in [-0.4, -0.2) is 40.5 Å². The molecule has 4 aliphatic rings. The highest BCUT2D eigenvalue weighted by atomic mass is 16.7. The Hall–Kier alpha value is -2.67. The van der Waals surface area contributed by atoms with Gasteiger partial charge in [0, 0.05) is 36.8 Å². The zero-order valence-corrected chi connectivity index (χ0v) is 23.1. The van der Waals surface area contributed by atoms with E-state index < -0.39 is 40.3 Å². The fourth-order valence-corrected chi connectivity index (χ4v) is 8.42. The van der Waals surface area contributed by atoms with Gasteiger partial charge in [0.1, 0.15) is 6.10 Å². The molecule has 206 valence electrons. The molecule has 7 nitrogen and oxygen atoms in total. The third-order valence-electron chi connectivity index (χ3n) is 10.5. The summed E-state index contributed by atoms with van der Waals surface area (Å²) < 4.78 is 17.7. The van der Waals surface area contributed by atoms with Crippen LogP contribution in [0.5, 0.6) is 0 Å². The van der Waals surface area contributed by atoms with E-state index in [9.17, 15) is 19.5 Å². The lowest BCUT2D eigenvalue weighted by Gasteiger charge is -2.68. The summed E-state index contributed by atoms with van der Waals surface area (Å²) in [5, 5.41) is 12.5. The zero-order valence-electron chi connectivity index (χ0n) is 23.1. The van der Waals surface area contributed by atoms with Crippen molar-refractivity contribution in [3.63, 3.8) is 0 Å². The highest BCUT2D eigenvalue weighted by molar-refractivity contribution is 5.87. The summed E-state index contributed by atoms with van der Waals surface area (Å²) in [5.74, 6) is -2.99. The van der Waals surface area contributed by atoms with Crippen molar-refractivity contribution >= 4 is 17.9 Å². The van der Waals surface area contributed by atoms with Gasteiger partial charge >= 0.3 is 17.9 Å². The van der Waals surface area contributed by atoms with Crippen molar-refractivity contribution in [3.05, 3.63) is 47.5 Å². The molecule has 3 saturated carbocycles. The molecule has 0 spiro atoms. The smallest absolute Gasteiger partial charge is 0.334 e. The van der Waals surface area contributed by atoms with Gasteiger partial charge in [-0.15, -0.1) is 0 Å². The van der Waals surface area contributed by atoms with Gasteiger partial charge < -0.3 is 19.3 Å². The number of carbonyl (C=O) groups excluding carboxylic acids is 3. The molecule has 0 radical (unpaired) electrons. The van der Waals surface area contributed by atoms with E-state index in [0.717, 1.165) is 18.4 Å². The molecule has 7 atom stereocenters. The molecule has 7 heteroatoms. The maximum Gasteiger partial charge on any atom is 0.334 e. The summed E-state index contributed by atoms with van der Waals surface area (Å²) in [6.07, 6.45) is 4.72. The first-order chi connectivity index (χ1) is 17.8. The van der Waals surface area contributed by atoms with Gasteiger partial charge in [0.15, 0.2) is 0 Å². The summed E-state index contributed by atoms with van der Waals surface area (Å²) in [6.45, 7) is 9.59. The molecule has 1 aromatic rings. The summed E-state index contributed by atoms with van der Waals surface area (Å²) in [4.78, 5) is 37.8. The minimum Gasteiger partial charge on any atom is -0.462 e. The SMILES string of the molecule is CC(=O)O[C@@]12C[C@H]3[C@@H](CC[C@@]4(O)C(C)(C)CC[C@H](OC(=O)CCc5ccccc5)[C@]34C)[C@@H](C)C1=CC(=O)O2. The standard InChI is InChI=1S/C31H40O7/c1-19-22-13-16-31(35)28(3,4)15-14-25(36-26(33)12-11-21-9-7-6-8-10-21)29(31,5)24(22)18-30(37-20(2)32)23(19)17-27(34)38-30/h6-10,17,19,22,24-25,35H,11-16,18H2,1-5H3/t19-,22+,24+,25+,29+,30-,31-/m1/s1. The van der Waals surface area contributed by atoms with Gasteiger partial charge in [0.05, 0.1) is 5.60 Å². The van der Waals surface area contributed by atoms with Gasteiger partial charge in [0.2, 0.25) is 0 Å². The number of aliphatic hydroxyl groups is 1. The van der Waals surface area contributed by atoms with Crippen LogP contribution in [0.15, 0.2) is 42.0 Å². The van der Waals surface area contributed by atoms with Crippen LogP contribution < -0.4 is 0 Å². The summed E-state index contributed by atoms with van der Waals surface area (Å²) in [5.41, 5.74) is -0.604. The van der Waals surface area contributed by atoms with E-state index in [2.05, 4.69) is 13.8 Å². The molecular formula is C31H40O7. The predicted molar refractivity (Wildman–Crippen MR) is 139 cm³/mol. The monoisotopic (exact) mass is 524 g/mol. The van der Waals surface area contributed by atoms with E-state index >= 15 is 0 Å². The van der Waals surface area contributed by atoms with Gasteiger partial charge in [0.25, 0.3) is 5.79 Å². The zero-order chi connectivity index (χ0) is 27.5. The highest BCUT2D eigenvalue weighted by Gasteiger charge is 2.72. The molecule has 1 heterocycles. The summed E-state index contributed by atoms with van der Waals surface area (Å²) >= 11 is 0. The molecule has 3 aliphatic carbocycles. The minimum atomic E-state index is -1.48. The first kappa shape index (κ1) is 26.9. The Kier molecular flexibility index (Phi) is 6.53. The predicted octanol–water partition coefficient (Wildman–Crippen LogP) is 4.90. The number of aryl methyl sites for hydroxylation is 1. The molecule has 0 saturated heterocycles. The first-order valence-corrected chi connectivity index (χ1v) is 13.9. The van der Waals surface area contributed by atoms with Gasteiger partial charge in [-0.1, -0.05) is 58.0 Å². The van der Waals surface area contributed by atoms with Crippen molar-refractivity contribution in [2.45, 2.75) is 97.1 Å². The van der Waals surface area contributed by atoms with Crippen LogP contribution in [0.3, 0.4) is 0 Å². The summed E-state index contributed by atoms with van der Waals surface area (Å²) in [6, 6.07) is 9.84. The number of ether oxygens (including phenoxy) is 3. The minimum absolute atomic E-state index is 0.0969. The molecule has 5 rings (SSSR count). The Morgan fingerprint density at radius 1 is 1.11 bits per heavy atom. The Bertz CT molecular complexity index is 1160. The van der Waals surface area contributed by atoms with Crippen LogP contribution in [0.2, 0.25) is 0 Å². The Morgan fingerprint density at radius 2 is 1.82 bits per heavy atom. The lowest BCUT2D eigenvalue weighted by Crippen LogP contribution is -2.72. The van der Waals surface area contributed by atoms with E-state index in [-0.39, 0.29) is 36.6 Å². The topological polar surface area (TPSA) is 99.1 Å². The second-order valence-electron chi connectivity index (χ2n) is 12.7. The fourth-order valence-electron chi connectivity index (χ4n) is 8.42. The van der Waals surface area contributed by atoms with E-state index in [1.54, 1.807) is 0 Å². The molecule has 0 unspecified atom stereocenters. The molecule has 1 aromatic carbocycles. The third kappa shape index (κ3) is 4.00. The molecule has 1 N–H and O–H groups in total. The van der Waals surface area contributed by atoms with Crippen LogP contribution in [0.4, 0.5) is 0 Å². The number of carbonyl (C=O) groups is 3. The number of benzene rings is 1. The maximum atomic E-state index is 13.2. The van der Waals surface area contributed by atoms with Crippen molar-refractivity contribution in [2.75, 3.05) is 0 Å². The number of esters is 3. The van der Waals surface area contributed by atoms with E-state index in [4.69, 9.17) is 14.2 Å². The first-order valence-electron chi connectivity index (χ1n) is 13.9. The van der Waals surface area contributed by atoms with Crippen LogP contribution in [-0.2, 0) is 35.0 Å². The Morgan fingerprint density at radius 3 is 2.50 bits per heavy atom. The van der Waals surface area contributed by atoms with Gasteiger partial charge in [-0.25, -0.2) is 4.79 Å². The lowest BCUT2D eigenvalue weighted by molar-refractivity contribution is -0.300. The van der Waals surface area contributed by atoms with Gasteiger partial charge in [-0.2, -0.15) is 0 Å². The van der Waals surface area contributed by atoms with Crippen LogP contribution in [0, 0.1) is 28.6 Å². The molecule has 1 aliphatic heterocycles. The van der Waals surface area contributed by atoms with E-state index in [1.165, 1.54) is 13.0 Å². The average Bonchev–Trinajstić information content (AvgIpc) is 3.18. The quantitative estimate of drug-likeness (QED) is 0.547. The van der Waals surface area contributed by atoms with Crippen LogP contribution >= 0.6 is 0 Å². The van der Waals surface area contributed by atoms with E-state index in [0.29, 0.717) is 24.8 Å². The van der Waals surface area contributed by atoms with Gasteiger partial charge in [-0.05, 0) is 60.8 Å². The number of hydrogen-bond acceptors (Lipinski definition) is 7. The Balaban J connectivity index is 1.49. The van der Waals surface area contributed by atoms with Crippen molar-refractivity contribution in [3.8, 4) is 0 Å². The third-order valence-corrected chi connectivity index (χ3v) is 10.5. The van der Waals surface area contributed by atoms with Gasteiger partial charge in [-0.3, -0.25) is 9.59 Å². The lowest BCUT2D eigenvalue weighted by atomic mass is 9.40. The van der Waals surface area contributed by atoms with Crippen molar-refractivity contribution in [2.24, 2.45) is 28.6 Å². The van der Waals surface area contributed by atoms with Crippen molar-refractivity contribution in [1.82, 2.24) is 0 Å². The molecule has 3 fully saturated rings. The Labute approximate surface area is 224 Å². The number of rotatable bonds is 5. The molecule has 38 heavy (non-hydrogen) atoms. The highest BCUT2D eigenvalue weighted by Crippen LogP contribution is 2.69. The average molecular weight is 525 g/mol. The van der Waals surface area contributed by atoms with Crippen molar-refractivity contribution in [1.29, 1.82) is 0 Å². The maximum absolute atomic E-state index is 13.2. The molecule has 0 bridgehead atoms. The normalized spacial score (nSPS) is 39.1. The second-order valence-corrected chi connectivity index (χ2v) is 12.7. The van der Waals surface area contributed by atoms with Crippen LogP contribution in [0.25, 0.3) is 0 Å².